The molecule has 0 heterocycles. The Hall–Kier alpha value is -0.606. The first-order chi connectivity index (χ1) is 9.89. The number of Topliss-reactive ketones (excluding diaryl/α,β-unsaturated/α-hetero) is 4. The molecule has 0 aliphatic heterocycles. The molecule has 132 valence electrons. The van der Waals surface area contributed by atoms with Gasteiger partial charge in [0.15, 0.2) is 0 Å². The van der Waals surface area contributed by atoms with Gasteiger partial charge in [-0.25, -0.2) is 0 Å². The Morgan fingerprint density at radius 2 is 0.609 bits per heavy atom. The molecule has 0 amide bonds. The third-order valence-corrected chi connectivity index (χ3v) is 3.27. The minimum absolute atomic E-state index is 0. The van der Waals surface area contributed by atoms with Crippen molar-refractivity contribution in [2.45, 2.75) is 68.2 Å². The molecule has 0 spiro atoms. The molecule has 0 rings (SSSR count). The van der Waals surface area contributed by atoms with E-state index in [-0.39, 0.29) is 81.4 Å². The van der Waals surface area contributed by atoms with E-state index in [0.717, 1.165) is 0 Å². The van der Waals surface area contributed by atoms with E-state index in [2.05, 4.69) is 0 Å². The van der Waals surface area contributed by atoms with Gasteiger partial charge in [-0.3, -0.25) is 19.2 Å². The molecule has 0 aromatic rings. The van der Waals surface area contributed by atoms with Crippen LogP contribution in [-0.2, 0) is 40.9 Å². The Balaban J connectivity index is -0.000000333. The van der Waals surface area contributed by atoms with E-state index < -0.39 is 0 Å². The molecule has 0 aromatic heterocycles. The molecule has 5 heteroatoms. The predicted octanol–water partition coefficient (Wildman–Crippen LogP) is 3.65. The van der Waals surface area contributed by atoms with Crippen molar-refractivity contribution in [1.82, 2.24) is 0 Å². The minimum Gasteiger partial charge on any atom is -0.299 e. The molecule has 0 aromatic carbocycles. The fourth-order valence-electron chi connectivity index (χ4n) is 1.16. The molecular formula is C18H32O4Ti. The summed E-state index contributed by atoms with van der Waals surface area (Å²) in [6.45, 7) is 14.5. The number of carbonyl (C=O) groups excluding carboxylic acids is 4. The van der Waals surface area contributed by atoms with Crippen molar-refractivity contribution < 1.29 is 40.9 Å². The molecule has 0 aliphatic carbocycles. The van der Waals surface area contributed by atoms with Crippen molar-refractivity contribution >= 4 is 23.1 Å². The van der Waals surface area contributed by atoms with Crippen molar-refractivity contribution in [3.8, 4) is 0 Å². The van der Waals surface area contributed by atoms with Gasteiger partial charge in [-0.15, -0.1) is 0 Å². The second-order valence-electron chi connectivity index (χ2n) is 6.84. The van der Waals surface area contributed by atoms with Crippen molar-refractivity contribution in [1.29, 1.82) is 0 Å². The van der Waals surface area contributed by atoms with Crippen LogP contribution in [0, 0.1) is 23.7 Å². The van der Waals surface area contributed by atoms with Gasteiger partial charge in [0.25, 0.3) is 0 Å². The molecule has 0 fully saturated rings. The molecule has 0 unspecified atom stereocenters. The second kappa shape index (κ2) is 13.8. The van der Waals surface area contributed by atoms with Crippen LogP contribution in [0.5, 0.6) is 0 Å². The van der Waals surface area contributed by atoms with Gasteiger partial charge in [0, 0.05) is 45.4 Å². The van der Waals surface area contributed by atoms with Gasteiger partial charge < -0.3 is 0 Å². The van der Waals surface area contributed by atoms with Gasteiger partial charge >= 0.3 is 0 Å². The van der Waals surface area contributed by atoms with Gasteiger partial charge in [-0.1, -0.05) is 55.4 Å². The van der Waals surface area contributed by atoms with E-state index in [9.17, 15) is 19.2 Å². The molecule has 0 saturated heterocycles. The van der Waals surface area contributed by atoms with Crippen LogP contribution in [0.2, 0.25) is 0 Å². The van der Waals surface area contributed by atoms with Crippen molar-refractivity contribution in [3.63, 3.8) is 0 Å². The fourth-order valence-corrected chi connectivity index (χ4v) is 1.16. The van der Waals surface area contributed by atoms with Gasteiger partial charge in [0.05, 0.1) is 12.8 Å². The van der Waals surface area contributed by atoms with Crippen LogP contribution in [0.15, 0.2) is 0 Å². The number of hydrogen-bond acceptors (Lipinski definition) is 4. The smallest absolute Gasteiger partial charge is 0.142 e. The maximum absolute atomic E-state index is 11.0. The number of carbonyl (C=O) groups is 4. The first-order valence-electron chi connectivity index (χ1n) is 8.00. The average molecular weight is 360 g/mol. The first-order valence-corrected chi connectivity index (χ1v) is 8.00. The van der Waals surface area contributed by atoms with Gasteiger partial charge in [0.2, 0.25) is 0 Å². The Morgan fingerprint density at radius 3 is 0.696 bits per heavy atom. The largest absolute Gasteiger partial charge is 0.299 e. The second-order valence-corrected chi connectivity index (χ2v) is 6.84. The molecule has 0 atom stereocenters. The van der Waals surface area contributed by atoms with E-state index in [1.165, 1.54) is 0 Å². The van der Waals surface area contributed by atoms with Crippen LogP contribution in [-0.4, -0.2) is 23.1 Å². The molecule has 4 nitrogen and oxygen atoms in total. The van der Waals surface area contributed by atoms with Gasteiger partial charge in [-0.2, -0.15) is 0 Å². The summed E-state index contributed by atoms with van der Waals surface area (Å²) in [5.74, 6) is 0.116. The average Bonchev–Trinajstić information content (AvgIpc) is 2.38. The Bertz CT molecular complexity index is 322. The van der Waals surface area contributed by atoms with E-state index in [4.69, 9.17) is 0 Å². The van der Waals surface area contributed by atoms with E-state index in [0.29, 0.717) is 0 Å². The summed E-state index contributed by atoms with van der Waals surface area (Å²) >= 11 is 0. The zero-order valence-corrected chi connectivity index (χ0v) is 17.4. The Labute approximate surface area is 156 Å². The summed E-state index contributed by atoms with van der Waals surface area (Å²) in [4.78, 5) is 44.1. The first kappa shape index (κ1) is 27.3. The zero-order valence-electron chi connectivity index (χ0n) is 15.9. The third-order valence-electron chi connectivity index (χ3n) is 3.27. The maximum Gasteiger partial charge on any atom is 0.142 e. The Morgan fingerprint density at radius 1 is 0.478 bits per heavy atom. The number of hydrogen-bond donors (Lipinski definition) is 0. The third kappa shape index (κ3) is 14.7. The van der Waals surface area contributed by atoms with E-state index in [1.54, 1.807) is 0 Å². The summed E-state index contributed by atoms with van der Waals surface area (Å²) in [5.41, 5.74) is 0. The summed E-state index contributed by atoms with van der Waals surface area (Å²) in [6.07, 6.45) is 0.213. The number of ketones is 4. The zero-order chi connectivity index (χ0) is 18.0. The molecule has 23 heavy (non-hydrogen) atoms. The normalized spacial score (nSPS) is 10.3. The van der Waals surface area contributed by atoms with Crippen molar-refractivity contribution in [2.75, 3.05) is 0 Å². The van der Waals surface area contributed by atoms with Gasteiger partial charge in [0.1, 0.15) is 23.1 Å². The molecular weight excluding hydrogens is 328 g/mol. The summed E-state index contributed by atoms with van der Waals surface area (Å²) in [6, 6.07) is 0. The SMILES string of the molecule is CC(C)C(=O)CC(=O)C(C)C.CC(C)C(=O)CC(=O)C(C)C.[Ti]. The molecule has 0 aliphatic rings. The summed E-state index contributed by atoms with van der Waals surface area (Å²) in [5, 5.41) is 0. The predicted molar refractivity (Wildman–Crippen MR) is 88.6 cm³/mol. The molecule has 0 N–H and O–H groups in total. The van der Waals surface area contributed by atoms with Crippen LogP contribution in [0.1, 0.15) is 68.2 Å². The van der Waals surface area contributed by atoms with Gasteiger partial charge in [-0.05, 0) is 0 Å². The van der Waals surface area contributed by atoms with Crippen LogP contribution in [0.4, 0.5) is 0 Å². The quantitative estimate of drug-likeness (QED) is 0.489. The van der Waals surface area contributed by atoms with Crippen molar-refractivity contribution in [2.24, 2.45) is 23.7 Å². The molecule has 0 saturated carbocycles. The molecule has 0 bridgehead atoms. The van der Waals surface area contributed by atoms with Crippen LogP contribution < -0.4 is 0 Å². The maximum atomic E-state index is 11.0. The Kier molecular flexibility index (Phi) is 16.3. The topological polar surface area (TPSA) is 68.3 Å². The van der Waals surface area contributed by atoms with Crippen LogP contribution in [0.3, 0.4) is 0 Å². The minimum atomic E-state index is -0.0160. The molecule has 0 radical (unpaired) electrons. The summed E-state index contributed by atoms with van der Waals surface area (Å²) < 4.78 is 0. The van der Waals surface area contributed by atoms with Crippen LogP contribution >= 0.6 is 0 Å². The monoisotopic (exact) mass is 360 g/mol. The fraction of sp³-hybridized carbons (Fsp3) is 0.778. The van der Waals surface area contributed by atoms with Crippen molar-refractivity contribution in [3.05, 3.63) is 0 Å². The van der Waals surface area contributed by atoms with E-state index in [1.807, 2.05) is 55.4 Å². The standard InChI is InChI=1S/2C9H16O2.Ti/c2*1-6(2)8(10)5-9(11)7(3)4;/h2*6-7H,5H2,1-4H3;. The summed E-state index contributed by atoms with van der Waals surface area (Å²) in [7, 11) is 0. The van der Waals surface area contributed by atoms with Crippen LogP contribution in [0.25, 0.3) is 0 Å². The van der Waals surface area contributed by atoms with E-state index >= 15 is 0 Å². The number of rotatable bonds is 8.